The lowest BCUT2D eigenvalue weighted by Gasteiger charge is -2.20. The number of hydrogen-bond acceptors (Lipinski definition) is 7. The third-order valence-electron chi connectivity index (χ3n) is 4.76. The largest absolute Gasteiger partial charge is 0.479 e. The quantitative estimate of drug-likeness (QED) is 0.549. The van der Waals surface area contributed by atoms with Crippen molar-refractivity contribution in [1.82, 2.24) is 20.3 Å². The van der Waals surface area contributed by atoms with E-state index in [4.69, 9.17) is 4.74 Å². The van der Waals surface area contributed by atoms with Crippen LogP contribution in [0, 0.1) is 6.92 Å². The average Bonchev–Trinajstić information content (AvgIpc) is 2.80. The van der Waals surface area contributed by atoms with Crippen molar-refractivity contribution in [3.8, 4) is 5.88 Å². The maximum atomic E-state index is 12.8. The number of rotatable bonds is 7. The van der Waals surface area contributed by atoms with Crippen molar-refractivity contribution in [2.24, 2.45) is 0 Å². The van der Waals surface area contributed by atoms with Gasteiger partial charge in [-0.3, -0.25) is 14.6 Å². The summed E-state index contributed by atoms with van der Waals surface area (Å²) in [5.41, 5.74) is 3.03. The van der Waals surface area contributed by atoms with Gasteiger partial charge in [-0.15, -0.1) is 0 Å². The van der Waals surface area contributed by atoms with Gasteiger partial charge in [-0.25, -0.2) is 4.98 Å². The molecule has 0 fully saturated rings. The number of anilines is 2. The number of carbonyl (C=O) groups excluding carboxylic acids is 2. The van der Waals surface area contributed by atoms with Crippen molar-refractivity contribution >= 4 is 23.3 Å². The normalized spacial score (nSPS) is 11.4. The molecule has 0 radical (unpaired) electrons. The second-order valence-corrected chi connectivity index (χ2v) is 7.40. The molecule has 0 unspecified atom stereocenters. The number of pyridine rings is 1. The van der Waals surface area contributed by atoms with E-state index < -0.39 is 17.9 Å². The maximum absolute atomic E-state index is 12.8. The predicted octanol–water partition coefficient (Wildman–Crippen LogP) is 2.29. The highest BCUT2D eigenvalue weighted by Gasteiger charge is 2.24. The first-order valence-electron chi connectivity index (χ1n) is 10.0. The summed E-state index contributed by atoms with van der Waals surface area (Å²) in [4.78, 5) is 39.8. The van der Waals surface area contributed by atoms with Crippen LogP contribution in [0.3, 0.4) is 0 Å². The van der Waals surface area contributed by atoms with Gasteiger partial charge < -0.3 is 20.3 Å². The molecule has 0 spiro atoms. The first-order valence-corrected chi connectivity index (χ1v) is 10.0. The minimum atomic E-state index is -0.856. The molecule has 2 amide bonds. The zero-order valence-corrected chi connectivity index (χ0v) is 18.5. The lowest BCUT2D eigenvalue weighted by atomic mass is 10.0. The van der Waals surface area contributed by atoms with Crippen molar-refractivity contribution in [3.63, 3.8) is 0 Å². The summed E-state index contributed by atoms with van der Waals surface area (Å²) in [6.07, 6.45) is 3.46. The molecule has 0 aliphatic rings. The first kappa shape index (κ1) is 22.7. The molecule has 0 saturated carbocycles. The van der Waals surface area contributed by atoms with Gasteiger partial charge in [0.05, 0.1) is 18.8 Å². The molecule has 0 aliphatic carbocycles. The van der Waals surface area contributed by atoms with E-state index in [1.54, 1.807) is 31.3 Å². The summed E-state index contributed by atoms with van der Waals surface area (Å²) in [6.45, 7) is 2.01. The van der Waals surface area contributed by atoms with Crippen LogP contribution in [0.25, 0.3) is 0 Å². The van der Waals surface area contributed by atoms with Crippen LogP contribution >= 0.6 is 0 Å². The molecule has 2 N–H and O–H groups in total. The van der Waals surface area contributed by atoms with Gasteiger partial charge in [0.1, 0.15) is 12.0 Å². The summed E-state index contributed by atoms with van der Waals surface area (Å²) in [7, 11) is 4.95. The number of benzene rings is 1. The minimum absolute atomic E-state index is 0.158. The number of methoxy groups -OCH3 is 1. The first-order chi connectivity index (χ1) is 15.4. The standard InChI is InChI=1S/C23H26N6O3/c1-15-8-10-16(11-9-15)13-18(17-7-5-6-12-24-17)27-21(30)22(31)28-19-20(29(2)3)25-14-26-23(19)32-4/h5-12,14,18H,13H2,1-4H3,(H,27,30)(H,28,31)/t18-/m1/s1. The Morgan fingerprint density at radius 2 is 1.78 bits per heavy atom. The van der Waals surface area contributed by atoms with Gasteiger partial charge in [-0.05, 0) is 31.0 Å². The summed E-state index contributed by atoms with van der Waals surface area (Å²) in [5, 5.41) is 5.37. The fourth-order valence-corrected chi connectivity index (χ4v) is 3.13. The average molecular weight is 435 g/mol. The smallest absolute Gasteiger partial charge is 0.313 e. The number of ether oxygens (including phenoxy) is 1. The van der Waals surface area contributed by atoms with Gasteiger partial charge in [0.15, 0.2) is 5.82 Å². The summed E-state index contributed by atoms with van der Waals surface area (Å²) < 4.78 is 5.22. The van der Waals surface area contributed by atoms with Crippen LogP contribution in [0.2, 0.25) is 0 Å². The lowest BCUT2D eigenvalue weighted by molar-refractivity contribution is -0.136. The zero-order chi connectivity index (χ0) is 23.1. The highest BCUT2D eigenvalue weighted by atomic mass is 16.5. The molecule has 9 nitrogen and oxygen atoms in total. The molecule has 3 rings (SSSR count). The van der Waals surface area contributed by atoms with Crippen molar-refractivity contribution in [2.45, 2.75) is 19.4 Å². The minimum Gasteiger partial charge on any atom is -0.479 e. The SMILES string of the molecule is COc1ncnc(N(C)C)c1NC(=O)C(=O)N[C@H](Cc1ccc(C)cc1)c1ccccn1. The molecular weight excluding hydrogens is 408 g/mol. The number of aryl methyl sites for hydroxylation is 1. The Kier molecular flexibility index (Phi) is 7.33. The number of aromatic nitrogens is 3. The fraction of sp³-hybridized carbons (Fsp3) is 0.261. The molecule has 9 heteroatoms. The van der Waals surface area contributed by atoms with Crippen molar-refractivity contribution in [2.75, 3.05) is 31.4 Å². The highest BCUT2D eigenvalue weighted by molar-refractivity contribution is 6.40. The van der Waals surface area contributed by atoms with Crippen LogP contribution in [0.15, 0.2) is 55.0 Å². The highest BCUT2D eigenvalue weighted by Crippen LogP contribution is 2.29. The van der Waals surface area contributed by atoms with E-state index in [1.807, 2.05) is 43.3 Å². The Labute approximate surface area is 186 Å². The Hall–Kier alpha value is -4.01. The molecule has 0 aliphatic heterocycles. The van der Waals surface area contributed by atoms with E-state index in [-0.39, 0.29) is 11.6 Å². The monoisotopic (exact) mass is 434 g/mol. The third kappa shape index (κ3) is 5.57. The Morgan fingerprint density at radius 1 is 1.03 bits per heavy atom. The van der Waals surface area contributed by atoms with Gasteiger partial charge in [-0.2, -0.15) is 4.98 Å². The Morgan fingerprint density at radius 3 is 2.41 bits per heavy atom. The molecule has 2 heterocycles. The van der Waals surface area contributed by atoms with E-state index in [0.29, 0.717) is 17.9 Å². The predicted molar refractivity (Wildman–Crippen MR) is 122 cm³/mol. The maximum Gasteiger partial charge on any atom is 0.313 e. The van der Waals surface area contributed by atoms with Crippen LogP contribution in [-0.2, 0) is 16.0 Å². The molecule has 0 saturated heterocycles. The van der Waals surface area contributed by atoms with Crippen molar-refractivity contribution in [3.05, 3.63) is 71.8 Å². The molecular formula is C23H26N6O3. The lowest BCUT2D eigenvalue weighted by Crippen LogP contribution is -2.39. The second-order valence-electron chi connectivity index (χ2n) is 7.40. The van der Waals surface area contributed by atoms with Crippen LogP contribution in [0.1, 0.15) is 22.9 Å². The van der Waals surface area contributed by atoms with Gasteiger partial charge in [0.25, 0.3) is 0 Å². The van der Waals surface area contributed by atoms with Crippen LogP contribution in [0.5, 0.6) is 5.88 Å². The number of amides is 2. The number of nitrogens with one attached hydrogen (secondary N) is 2. The van der Waals surface area contributed by atoms with Crippen molar-refractivity contribution < 1.29 is 14.3 Å². The van der Waals surface area contributed by atoms with E-state index in [2.05, 4.69) is 25.6 Å². The molecule has 3 aromatic rings. The molecule has 166 valence electrons. The second kappa shape index (κ2) is 10.3. The topological polar surface area (TPSA) is 109 Å². The summed E-state index contributed by atoms with van der Waals surface area (Å²) in [5.74, 6) is -1.08. The van der Waals surface area contributed by atoms with Crippen LogP contribution < -0.4 is 20.3 Å². The van der Waals surface area contributed by atoms with E-state index in [0.717, 1.165) is 11.1 Å². The summed E-state index contributed by atoms with van der Waals surface area (Å²) >= 11 is 0. The Balaban J connectivity index is 1.80. The van der Waals surface area contributed by atoms with E-state index in [9.17, 15) is 9.59 Å². The summed E-state index contributed by atoms with van der Waals surface area (Å²) in [6, 6.07) is 13.0. The molecule has 2 aromatic heterocycles. The molecule has 0 bridgehead atoms. The van der Waals surface area contributed by atoms with Crippen LogP contribution in [0.4, 0.5) is 11.5 Å². The van der Waals surface area contributed by atoms with Crippen molar-refractivity contribution in [1.29, 1.82) is 0 Å². The van der Waals surface area contributed by atoms with Gasteiger partial charge in [0, 0.05) is 20.3 Å². The van der Waals surface area contributed by atoms with Gasteiger partial charge in [-0.1, -0.05) is 35.9 Å². The van der Waals surface area contributed by atoms with Gasteiger partial charge >= 0.3 is 11.8 Å². The van der Waals surface area contributed by atoms with E-state index in [1.165, 1.54) is 13.4 Å². The van der Waals surface area contributed by atoms with Crippen LogP contribution in [-0.4, -0.2) is 48.0 Å². The molecule has 1 aromatic carbocycles. The third-order valence-corrected chi connectivity index (χ3v) is 4.76. The van der Waals surface area contributed by atoms with Gasteiger partial charge in [0.2, 0.25) is 5.88 Å². The van der Waals surface area contributed by atoms with E-state index >= 15 is 0 Å². The Bertz CT molecular complexity index is 1070. The number of nitrogens with zero attached hydrogens (tertiary/aromatic N) is 4. The number of hydrogen-bond donors (Lipinski definition) is 2. The zero-order valence-electron chi connectivity index (χ0n) is 18.5. The molecule has 32 heavy (non-hydrogen) atoms. The fourth-order valence-electron chi connectivity index (χ4n) is 3.13. The molecule has 1 atom stereocenters. The number of carbonyl (C=O) groups is 2.